The molecule has 2 heteroatoms. The third kappa shape index (κ3) is 9.08. The molecule has 56 heavy (non-hydrogen) atoms. The lowest BCUT2D eigenvalue weighted by Gasteiger charge is -2.57. The Morgan fingerprint density at radius 2 is 0.768 bits per heavy atom. The molecule has 2 aromatic rings. The summed E-state index contributed by atoms with van der Waals surface area (Å²) < 4.78 is 0. The lowest BCUT2D eigenvalue weighted by atomic mass is 9.54. The zero-order chi connectivity index (χ0) is 40.4. The van der Waals surface area contributed by atoms with E-state index in [4.69, 9.17) is 9.78 Å². The predicted octanol–water partition coefficient (Wildman–Crippen LogP) is 15.6. The third-order valence-corrected chi connectivity index (χ3v) is 17.2. The molecule has 2 aromatic carbocycles. The Balaban J connectivity index is 1.46. The fourth-order valence-electron chi connectivity index (χ4n) is 14.0. The molecule has 0 N–H and O–H groups in total. The van der Waals surface area contributed by atoms with Gasteiger partial charge in [-0.2, -0.15) is 0 Å². The summed E-state index contributed by atoms with van der Waals surface area (Å²) in [5.74, 6) is 9.53. The molecule has 6 rings (SSSR count). The minimum Gasteiger partial charge on any atom is -0.229 e. The topological polar surface area (TPSA) is 18.5 Å². The minimum absolute atomic E-state index is 0.340. The first-order chi connectivity index (χ1) is 26.7. The lowest BCUT2D eigenvalue weighted by molar-refractivity contribution is -0.458. The van der Waals surface area contributed by atoms with Crippen LogP contribution in [-0.4, -0.2) is 11.2 Å². The first-order valence-corrected chi connectivity index (χ1v) is 24.1. The van der Waals surface area contributed by atoms with Crippen LogP contribution in [0, 0.1) is 82.9 Å². The average molecular weight is 767 g/mol. The van der Waals surface area contributed by atoms with Crippen LogP contribution in [-0.2, 0) is 9.78 Å². The quantitative estimate of drug-likeness (QED) is 0.149. The molecule has 4 aliphatic carbocycles. The fraction of sp³-hybridized carbons (Fsp3) is 0.778. The summed E-state index contributed by atoms with van der Waals surface area (Å²) in [5, 5.41) is 0. The van der Waals surface area contributed by atoms with E-state index >= 15 is 0 Å². The van der Waals surface area contributed by atoms with Crippen molar-refractivity contribution in [1.82, 2.24) is 0 Å². The van der Waals surface area contributed by atoms with Crippen molar-refractivity contribution in [2.24, 2.45) is 82.9 Å². The van der Waals surface area contributed by atoms with Crippen LogP contribution in [0.15, 0.2) is 60.7 Å². The monoisotopic (exact) mass is 767 g/mol. The zero-order valence-corrected chi connectivity index (χ0v) is 38.3. The predicted molar refractivity (Wildman–Crippen MR) is 238 cm³/mol. The van der Waals surface area contributed by atoms with Crippen LogP contribution in [0.5, 0.6) is 0 Å². The number of benzene rings is 2. The van der Waals surface area contributed by atoms with Crippen molar-refractivity contribution in [3.05, 3.63) is 71.8 Å². The number of hydrogen-bond donors (Lipinski definition) is 0. The number of hydrogen-bond acceptors (Lipinski definition) is 2. The van der Waals surface area contributed by atoms with E-state index in [0.29, 0.717) is 71.0 Å². The van der Waals surface area contributed by atoms with E-state index in [1.54, 1.807) is 11.1 Å². The highest BCUT2D eigenvalue weighted by Crippen LogP contribution is 2.60. The molecule has 0 bridgehead atoms. The van der Waals surface area contributed by atoms with Gasteiger partial charge >= 0.3 is 0 Å². The minimum atomic E-state index is -0.340. The first kappa shape index (κ1) is 43.9. The molecule has 0 aromatic heterocycles. The highest BCUT2D eigenvalue weighted by atomic mass is 17.2. The van der Waals surface area contributed by atoms with Gasteiger partial charge in [0.15, 0.2) is 0 Å². The summed E-state index contributed by atoms with van der Waals surface area (Å²) in [4.78, 5) is 15.5. The largest absolute Gasteiger partial charge is 0.229 e. The van der Waals surface area contributed by atoms with Gasteiger partial charge < -0.3 is 0 Å². The summed E-state index contributed by atoms with van der Waals surface area (Å²) in [6, 6.07) is 23.6. The van der Waals surface area contributed by atoms with E-state index < -0.39 is 0 Å². The van der Waals surface area contributed by atoms with Gasteiger partial charge in [0, 0.05) is 0 Å². The highest BCUT2D eigenvalue weighted by molar-refractivity contribution is 5.26. The number of rotatable bonds is 13. The van der Waals surface area contributed by atoms with Crippen LogP contribution in [0.25, 0.3) is 0 Å². The summed E-state index contributed by atoms with van der Waals surface area (Å²) in [6.45, 7) is 30.0. The molecular formula is C54H86O2. The van der Waals surface area contributed by atoms with Crippen molar-refractivity contribution in [3.8, 4) is 0 Å². The third-order valence-electron chi connectivity index (χ3n) is 17.2. The van der Waals surface area contributed by atoms with E-state index in [9.17, 15) is 0 Å². The second kappa shape index (κ2) is 18.7. The van der Waals surface area contributed by atoms with E-state index in [0.717, 1.165) is 36.5 Å². The summed E-state index contributed by atoms with van der Waals surface area (Å²) in [7, 11) is 0. The Bertz CT molecular complexity index is 1350. The van der Waals surface area contributed by atoms with Crippen LogP contribution in [0.2, 0.25) is 0 Å². The van der Waals surface area contributed by atoms with Gasteiger partial charge in [-0.05, 0) is 170 Å². The second-order valence-corrected chi connectivity index (χ2v) is 22.2. The van der Waals surface area contributed by atoms with Crippen molar-refractivity contribution < 1.29 is 9.78 Å². The van der Waals surface area contributed by atoms with Crippen LogP contribution in [0.4, 0.5) is 0 Å². The van der Waals surface area contributed by atoms with Crippen molar-refractivity contribution in [2.45, 2.75) is 183 Å². The maximum absolute atomic E-state index is 7.75. The maximum Gasteiger partial charge on any atom is 0.109 e. The molecule has 14 unspecified atom stereocenters. The van der Waals surface area contributed by atoms with Crippen LogP contribution in [0.3, 0.4) is 0 Å². The Morgan fingerprint density at radius 1 is 0.429 bits per heavy atom. The fourth-order valence-corrected chi connectivity index (χ4v) is 14.0. The smallest absolute Gasteiger partial charge is 0.109 e. The van der Waals surface area contributed by atoms with Gasteiger partial charge in [0.05, 0.1) is 0 Å². The van der Waals surface area contributed by atoms with Crippen molar-refractivity contribution in [2.75, 3.05) is 0 Å². The van der Waals surface area contributed by atoms with E-state index in [2.05, 4.69) is 144 Å². The molecule has 314 valence electrons. The SMILES string of the molecule is CC1CCC(C(C)C)C(C(c2ccccc2)C2CC(C)CCC2(OOC2(C(C)C)CCC(C)CC2C(c2ccccc2)C2CC(C)CCC2C(C)C)C(C)C)C1. The molecule has 4 aliphatic rings. The highest BCUT2D eigenvalue weighted by Gasteiger charge is 2.58. The van der Waals surface area contributed by atoms with Gasteiger partial charge in [-0.15, -0.1) is 0 Å². The van der Waals surface area contributed by atoms with Crippen molar-refractivity contribution in [3.63, 3.8) is 0 Å². The Kier molecular flexibility index (Phi) is 14.7. The second-order valence-electron chi connectivity index (χ2n) is 22.2. The van der Waals surface area contributed by atoms with Crippen molar-refractivity contribution in [1.29, 1.82) is 0 Å². The van der Waals surface area contributed by atoms with E-state index in [1.165, 1.54) is 64.2 Å². The van der Waals surface area contributed by atoms with Crippen molar-refractivity contribution >= 4 is 0 Å². The van der Waals surface area contributed by atoms with Gasteiger partial charge in [0.1, 0.15) is 11.2 Å². The maximum atomic E-state index is 7.75. The molecule has 0 spiro atoms. The molecule has 0 heterocycles. The molecule has 0 saturated heterocycles. The van der Waals surface area contributed by atoms with E-state index in [1.807, 2.05) is 0 Å². The molecule has 4 saturated carbocycles. The summed E-state index contributed by atoms with van der Waals surface area (Å²) >= 11 is 0. The van der Waals surface area contributed by atoms with Gasteiger partial charge in [0.2, 0.25) is 0 Å². The van der Waals surface area contributed by atoms with Crippen LogP contribution in [0.1, 0.15) is 183 Å². The van der Waals surface area contributed by atoms with Crippen LogP contribution < -0.4 is 0 Å². The summed E-state index contributed by atoms with van der Waals surface area (Å²) in [6.07, 6.45) is 15.1. The molecule has 2 nitrogen and oxygen atoms in total. The van der Waals surface area contributed by atoms with Gasteiger partial charge in [-0.3, -0.25) is 0 Å². The zero-order valence-electron chi connectivity index (χ0n) is 38.3. The lowest BCUT2D eigenvalue weighted by Crippen LogP contribution is -2.58. The Hall–Kier alpha value is -1.64. The molecule has 14 atom stereocenters. The van der Waals surface area contributed by atoms with Crippen LogP contribution >= 0.6 is 0 Å². The van der Waals surface area contributed by atoms with Gasteiger partial charge in [-0.1, -0.05) is 157 Å². The Labute approximate surface area is 346 Å². The summed E-state index contributed by atoms with van der Waals surface area (Å²) in [5.41, 5.74) is 2.41. The van der Waals surface area contributed by atoms with Gasteiger partial charge in [-0.25, -0.2) is 9.78 Å². The molecule has 0 amide bonds. The first-order valence-electron chi connectivity index (χ1n) is 24.1. The standard InChI is InChI=1S/C54H86O2/c1-35(2)45-25-23-39(9)31-47(45)51(43-19-15-13-16-20-43)49-33-41(11)27-29-53(49,37(5)6)55-56-54(38(7)8)30-28-42(12)34-50(54)52(44-21-17-14-18-22-44)48-32-40(10)24-26-46(48)36(3)4/h13-22,35-42,45-52H,23-34H2,1-12H3. The normalized spacial score (nSPS) is 38.3. The molecular weight excluding hydrogens is 681 g/mol. The molecule has 0 aliphatic heterocycles. The van der Waals surface area contributed by atoms with Gasteiger partial charge in [0.25, 0.3) is 0 Å². The molecule has 4 fully saturated rings. The Morgan fingerprint density at radius 3 is 1.09 bits per heavy atom. The van der Waals surface area contributed by atoms with E-state index in [-0.39, 0.29) is 11.2 Å². The molecule has 0 radical (unpaired) electrons. The average Bonchev–Trinajstić information content (AvgIpc) is 3.16.